The molecule has 1 aliphatic rings. The molecule has 0 saturated carbocycles. The number of hydrogen-bond acceptors (Lipinski definition) is 2. The average molecular weight is 306 g/mol. The molecule has 0 saturated heterocycles. The molecule has 108 valence electrons. The highest BCUT2D eigenvalue weighted by Gasteiger charge is 2.34. The van der Waals surface area contributed by atoms with Gasteiger partial charge in [-0.15, -0.1) is 0 Å². The zero-order chi connectivity index (χ0) is 15.0. The van der Waals surface area contributed by atoms with Crippen molar-refractivity contribution in [2.45, 2.75) is 19.0 Å². The van der Waals surface area contributed by atoms with Gasteiger partial charge in [-0.2, -0.15) is 0 Å². The summed E-state index contributed by atoms with van der Waals surface area (Å²) in [6, 6.07) is 11.3. The average Bonchev–Trinajstić information content (AvgIpc) is 2.81. The van der Waals surface area contributed by atoms with Crippen LogP contribution in [0.3, 0.4) is 0 Å². The summed E-state index contributed by atoms with van der Waals surface area (Å²) in [4.78, 5) is 13.2. The molecule has 1 N–H and O–H groups in total. The number of carboxylic acids is 1. The minimum atomic E-state index is -0.902. The molecule has 0 amide bonds. The van der Waals surface area contributed by atoms with Crippen molar-refractivity contribution in [1.29, 1.82) is 0 Å². The lowest BCUT2D eigenvalue weighted by atomic mass is 10.1. The molecule has 0 fully saturated rings. The second kappa shape index (κ2) is 5.37. The van der Waals surface area contributed by atoms with Crippen molar-refractivity contribution in [2.75, 3.05) is 4.90 Å². The number of rotatable bonds is 3. The first kappa shape index (κ1) is 13.9. The van der Waals surface area contributed by atoms with Gasteiger partial charge >= 0.3 is 5.97 Å². The predicted octanol–water partition coefficient (Wildman–Crippen LogP) is 3.50. The second-order valence-corrected chi connectivity index (χ2v) is 5.49. The molecule has 2 aromatic rings. The first-order chi connectivity index (χ1) is 10.1. The van der Waals surface area contributed by atoms with E-state index in [2.05, 4.69) is 0 Å². The van der Waals surface area contributed by atoms with Gasteiger partial charge in [0.25, 0.3) is 0 Å². The third kappa shape index (κ3) is 2.59. The van der Waals surface area contributed by atoms with Crippen LogP contribution in [0.5, 0.6) is 0 Å². The van der Waals surface area contributed by atoms with E-state index in [1.165, 1.54) is 6.07 Å². The number of aliphatic carboxylic acids is 1. The van der Waals surface area contributed by atoms with E-state index in [9.17, 15) is 14.3 Å². The van der Waals surface area contributed by atoms with E-state index in [1.807, 2.05) is 24.3 Å². The lowest BCUT2D eigenvalue weighted by Gasteiger charge is -2.25. The van der Waals surface area contributed by atoms with E-state index in [0.29, 0.717) is 17.0 Å². The molecule has 1 heterocycles. The van der Waals surface area contributed by atoms with Gasteiger partial charge in [-0.05, 0) is 23.8 Å². The van der Waals surface area contributed by atoms with Crippen LogP contribution < -0.4 is 4.90 Å². The maximum atomic E-state index is 13.9. The van der Waals surface area contributed by atoms with E-state index in [1.54, 1.807) is 17.0 Å². The van der Waals surface area contributed by atoms with Crippen LogP contribution in [0.15, 0.2) is 42.5 Å². The van der Waals surface area contributed by atoms with Crippen molar-refractivity contribution in [3.8, 4) is 0 Å². The van der Waals surface area contributed by atoms with Crippen LogP contribution in [-0.2, 0) is 17.8 Å². The summed E-state index contributed by atoms with van der Waals surface area (Å²) in [5, 5.41) is 9.72. The first-order valence-electron chi connectivity index (χ1n) is 6.57. The van der Waals surface area contributed by atoms with Gasteiger partial charge in [-0.25, -0.2) is 9.18 Å². The van der Waals surface area contributed by atoms with E-state index in [4.69, 9.17) is 11.6 Å². The zero-order valence-corrected chi connectivity index (χ0v) is 11.8. The molecule has 1 aliphatic heterocycles. The van der Waals surface area contributed by atoms with Crippen LogP contribution in [0.2, 0.25) is 5.02 Å². The topological polar surface area (TPSA) is 40.5 Å². The Bertz CT molecular complexity index is 704. The number of hydrogen-bond donors (Lipinski definition) is 1. The zero-order valence-electron chi connectivity index (χ0n) is 11.1. The third-order valence-electron chi connectivity index (χ3n) is 3.73. The number of halogens is 2. The van der Waals surface area contributed by atoms with E-state index in [0.717, 1.165) is 11.3 Å². The van der Waals surface area contributed by atoms with E-state index >= 15 is 0 Å². The van der Waals surface area contributed by atoms with Gasteiger partial charge in [0.1, 0.15) is 11.9 Å². The van der Waals surface area contributed by atoms with Crippen molar-refractivity contribution in [2.24, 2.45) is 0 Å². The number of anilines is 1. The minimum Gasteiger partial charge on any atom is -0.480 e. The van der Waals surface area contributed by atoms with Gasteiger partial charge in [-0.1, -0.05) is 35.9 Å². The van der Waals surface area contributed by atoms with Crippen molar-refractivity contribution in [1.82, 2.24) is 0 Å². The summed E-state index contributed by atoms with van der Waals surface area (Å²) in [6.45, 7) is 0.205. The molecule has 2 aromatic carbocycles. The smallest absolute Gasteiger partial charge is 0.326 e. The highest BCUT2D eigenvalue weighted by molar-refractivity contribution is 6.30. The van der Waals surface area contributed by atoms with Gasteiger partial charge in [-0.3, -0.25) is 0 Å². The van der Waals surface area contributed by atoms with Crippen molar-refractivity contribution < 1.29 is 14.3 Å². The summed E-state index contributed by atoms with van der Waals surface area (Å²) in [5.41, 5.74) is 2.25. The molecule has 5 heteroatoms. The van der Waals surface area contributed by atoms with Gasteiger partial charge in [0.15, 0.2) is 0 Å². The fraction of sp³-hybridized carbons (Fsp3) is 0.188. The van der Waals surface area contributed by atoms with E-state index in [-0.39, 0.29) is 6.54 Å². The van der Waals surface area contributed by atoms with Crippen LogP contribution in [0, 0.1) is 5.82 Å². The number of nitrogens with zero attached hydrogens (tertiary/aromatic N) is 1. The van der Waals surface area contributed by atoms with Crippen LogP contribution in [0.4, 0.5) is 10.1 Å². The quantitative estimate of drug-likeness (QED) is 0.943. The first-order valence-corrected chi connectivity index (χ1v) is 6.95. The minimum absolute atomic E-state index is 0.205. The lowest BCUT2D eigenvalue weighted by molar-refractivity contribution is -0.138. The fourth-order valence-electron chi connectivity index (χ4n) is 2.70. The summed E-state index contributed by atoms with van der Waals surface area (Å²) in [7, 11) is 0. The Hall–Kier alpha value is -2.07. The highest BCUT2D eigenvalue weighted by atomic mass is 35.5. The number of carboxylic acid groups (broad SMARTS) is 1. The SMILES string of the molecule is O=C(O)C1Cc2ccccc2N1Cc1ccc(Cl)cc1F. The molecule has 3 nitrogen and oxygen atoms in total. The summed E-state index contributed by atoms with van der Waals surface area (Å²) in [6.07, 6.45) is 0.431. The fourth-order valence-corrected chi connectivity index (χ4v) is 2.86. The van der Waals surface area contributed by atoms with Crippen molar-refractivity contribution >= 4 is 23.3 Å². The highest BCUT2D eigenvalue weighted by Crippen LogP contribution is 2.34. The van der Waals surface area contributed by atoms with Gasteiger partial charge in [0, 0.05) is 29.2 Å². The van der Waals surface area contributed by atoms with Crippen molar-refractivity contribution in [3.63, 3.8) is 0 Å². The lowest BCUT2D eigenvalue weighted by Crippen LogP contribution is -2.38. The number of benzene rings is 2. The van der Waals surface area contributed by atoms with E-state index < -0.39 is 17.8 Å². The van der Waals surface area contributed by atoms with Gasteiger partial charge in [0.05, 0.1) is 0 Å². The molecule has 3 rings (SSSR count). The largest absolute Gasteiger partial charge is 0.480 e. The molecular weight excluding hydrogens is 293 g/mol. The summed E-state index contributed by atoms with van der Waals surface area (Å²) < 4.78 is 13.9. The molecule has 21 heavy (non-hydrogen) atoms. The summed E-state index contributed by atoms with van der Waals surface area (Å²) in [5.74, 6) is -1.32. The predicted molar refractivity (Wildman–Crippen MR) is 79.2 cm³/mol. The van der Waals surface area contributed by atoms with Crippen LogP contribution in [0.25, 0.3) is 0 Å². The Morgan fingerprint density at radius 2 is 2.10 bits per heavy atom. The number of fused-ring (bicyclic) bond motifs is 1. The third-order valence-corrected chi connectivity index (χ3v) is 3.97. The maximum absolute atomic E-state index is 13.9. The molecule has 0 spiro atoms. The van der Waals surface area contributed by atoms with Crippen LogP contribution in [0.1, 0.15) is 11.1 Å². The maximum Gasteiger partial charge on any atom is 0.326 e. The molecule has 0 bridgehead atoms. The standard InChI is InChI=1S/C16H13ClFNO2/c17-12-6-5-11(13(18)8-12)9-19-14-4-2-1-3-10(14)7-15(19)16(20)21/h1-6,8,15H,7,9H2,(H,20,21). The van der Waals surface area contributed by atoms with Crippen molar-refractivity contribution in [3.05, 3.63) is 64.4 Å². The molecule has 1 atom stereocenters. The van der Waals surface area contributed by atoms with Crippen LogP contribution >= 0.6 is 11.6 Å². The van der Waals surface area contributed by atoms with Crippen LogP contribution in [-0.4, -0.2) is 17.1 Å². The molecule has 1 unspecified atom stereocenters. The van der Waals surface area contributed by atoms with Gasteiger partial charge in [0.2, 0.25) is 0 Å². The Morgan fingerprint density at radius 1 is 1.33 bits per heavy atom. The molecular formula is C16H13ClFNO2. The molecule has 0 aliphatic carbocycles. The Morgan fingerprint density at radius 3 is 2.81 bits per heavy atom. The normalized spacial score (nSPS) is 16.9. The second-order valence-electron chi connectivity index (χ2n) is 5.05. The van der Waals surface area contributed by atoms with Gasteiger partial charge < -0.3 is 10.0 Å². The Balaban J connectivity index is 1.96. The Kier molecular flexibility index (Phi) is 3.55. The molecule has 0 aromatic heterocycles. The monoisotopic (exact) mass is 305 g/mol. The number of carbonyl (C=O) groups is 1. The number of para-hydroxylation sites is 1. The summed E-state index contributed by atoms with van der Waals surface area (Å²) >= 11 is 5.75. The Labute approximate surface area is 126 Å². The molecule has 0 radical (unpaired) electrons.